The van der Waals surface area contributed by atoms with E-state index in [1.165, 1.54) is 12.1 Å². The van der Waals surface area contributed by atoms with E-state index in [4.69, 9.17) is 9.69 Å². The molecule has 4 heteroatoms. The van der Waals surface area contributed by atoms with Crippen LogP contribution in [-0.2, 0) is 6.42 Å². The summed E-state index contributed by atoms with van der Waals surface area (Å²) in [6.45, 7) is 6.07. The van der Waals surface area contributed by atoms with Crippen LogP contribution in [0.4, 0.5) is 4.39 Å². The summed E-state index contributed by atoms with van der Waals surface area (Å²) in [4.78, 5) is 0. The van der Waals surface area contributed by atoms with Crippen LogP contribution >= 0.6 is 0 Å². The first-order chi connectivity index (χ1) is 6.92. The fraction of sp³-hybridized carbons (Fsp3) is 0.364. The number of hydrogen-bond donors (Lipinski definition) is 0. The van der Waals surface area contributed by atoms with E-state index in [0.717, 1.165) is 5.56 Å². The molecule has 0 fully saturated rings. The van der Waals surface area contributed by atoms with Crippen molar-refractivity contribution in [2.45, 2.75) is 26.1 Å². The van der Waals surface area contributed by atoms with Crippen LogP contribution in [0.15, 0.2) is 18.2 Å². The Kier molecular flexibility index (Phi) is 3.48. The second-order valence-electron chi connectivity index (χ2n) is 4.30. The monoisotopic (exact) mass is 223 g/mol. The largest absolute Gasteiger partial charge is 0.544 e. The van der Waals surface area contributed by atoms with Gasteiger partial charge in [0.2, 0.25) is 8.32 Å². The number of nitriles is 1. The molecule has 2 nitrogen and oxygen atoms in total. The lowest BCUT2D eigenvalue weighted by Gasteiger charge is -2.21. The predicted octanol–water partition coefficient (Wildman–Crippen LogP) is 3.11. The molecular weight excluding hydrogens is 209 g/mol. The summed E-state index contributed by atoms with van der Waals surface area (Å²) in [5, 5.41) is 8.62. The number of halogens is 1. The van der Waals surface area contributed by atoms with Crippen LogP contribution in [0.2, 0.25) is 19.6 Å². The van der Waals surface area contributed by atoms with Gasteiger partial charge in [0.15, 0.2) is 0 Å². The van der Waals surface area contributed by atoms with E-state index in [1.54, 1.807) is 6.07 Å². The maximum Gasteiger partial charge on any atom is 0.242 e. The molecule has 0 aliphatic heterocycles. The van der Waals surface area contributed by atoms with Gasteiger partial charge in [0.05, 0.1) is 12.5 Å². The molecule has 0 spiro atoms. The third kappa shape index (κ3) is 3.72. The fourth-order valence-corrected chi connectivity index (χ4v) is 2.03. The van der Waals surface area contributed by atoms with Gasteiger partial charge in [-0.25, -0.2) is 4.39 Å². The van der Waals surface area contributed by atoms with Crippen molar-refractivity contribution in [3.63, 3.8) is 0 Å². The molecule has 15 heavy (non-hydrogen) atoms. The first-order valence-electron chi connectivity index (χ1n) is 4.77. The van der Waals surface area contributed by atoms with E-state index in [0.29, 0.717) is 5.75 Å². The van der Waals surface area contributed by atoms with Gasteiger partial charge in [-0.2, -0.15) is 5.26 Å². The third-order valence-corrected chi connectivity index (χ3v) is 2.55. The van der Waals surface area contributed by atoms with Crippen molar-refractivity contribution in [1.29, 1.82) is 5.26 Å². The van der Waals surface area contributed by atoms with Crippen molar-refractivity contribution in [3.05, 3.63) is 29.6 Å². The van der Waals surface area contributed by atoms with Crippen LogP contribution in [0.1, 0.15) is 5.56 Å². The Morgan fingerprint density at radius 1 is 1.40 bits per heavy atom. The van der Waals surface area contributed by atoms with E-state index >= 15 is 0 Å². The molecule has 0 aromatic heterocycles. The molecule has 0 aliphatic rings. The Balaban J connectivity index is 3.03. The molecular formula is C11H14FNOSi. The quantitative estimate of drug-likeness (QED) is 0.738. The van der Waals surface area contributed by atoms with Gasteiger partial charge in [-0.1, -0.05) is 6.07 Å². The van der Waals surface area contributed by atoms with Gasteiger partial charge in [-0.15, -0.1) is 0 Å². The summed E-state index contributed by atoms with van der Waals surface area (Å²) < 4.78 is 18.7. The standard InChI is InChI=1S/C11H14FNOSi/c1-15(2,3)14-11-8-10(12)5-4-9(11)6-7-13/h4-5,8H,6H2,1-3H3. The Bertz CT molecular complexity index is 393. The van der Waals surface area contributed by atoms with Gasteiger partial charge >= 0.3 is 0 Å². The summed E-state index contributed by atoms with van der Waals surface area (Å²) in [5.74, 6) is 0.181. The molecule has 0 N–H and O–H groups in total. The lowest BCUT2D eigenvalue weighted by molar-refractivity contribution is 0.539. The summed E-state index contributed by atoms with van der Waals surface area (Å²) in [5.41, 5.74) is 0.751. The minimum absolute atomic E-state index is 0.250. The summed E-state index contributed by atoms with van der Waals surface area (Å²) >= 11 is 0. The molecule has 80 valence electrons. The highest BCUT2D eigenvalue weighted by molar-refractivity contribution is 6.70. The van der Waals surface area contributed by atoms with Crippen molar-refractivity contribution in [2.24, 2.45) is 0 Å². The number of benzene rings is 1. The van der Waals surface area contributed by atoms with Crippen molar-refractivity contribution in [1.82, 2.24) is 0 Å². The Labute approximate surface area is 90.4 Å². The van der Waals surface area contributed by atoms with E-state index in [-0.39, 0.29) is 12.2 Å². The molecule has 0 saturated heterocycles. The van der Waals surface area contributed by atoms with Crippen molar-refractivity contribution >= 4 is 8.32 Å². The van der Waals surface area contributed by atoms with Gasteiger partial charge in [0.25, 0.3) is 0 Å². The molecule has 1 aromatic rings. The Morgan fingerprint density at radius 2 is 2.07 bits per heavy atom. The summed E-state index contributed by atoms with van der Waals surface area (Å²) in [6, 6.07) is 6.35. The molecule has 1 aromatic carbocycles. The maximum absolute atomic E-state index is 13.0. The highest BCUT2D eigenvalue weighted by atomic mass is 28.4. The van der Waals surface area contributed by atoms with Crippen molar-refractivity contribution in [2.75, 3.05) is 0 Å². The summed E-state index contributed by atoms with van der Waals surface area (Å²) in [6.07, 6.45) is 0.250. The molecule has 0 atom stereocenters. The predicted molar refractivity (Wildman–Crippen MR) is 59.7 cm³/mol. The zero-order valence-electron chi connectivity index (χ0n) is 9.17. The first kappa shape index (κ1) is 11.7. The van der Waals surface area contributed by atoms with Crippen LogP contribution in [-0.4, -0.2) is 8.32 Å². The zero-order chi connectivity index (χ0) is 11.5. The Morgan fingerprint density at radius 3 is 2.60 bits per heavy atom. The SMILES string of the molecule is C[Si](C)(C)Oc1cc(F)ccc1CC#N. The van der Waals surface area contributed by atoms with Crippen LogP contribution in [0, 0.1) is 17.1 Å². The number of rotatable bonds is 3. The second-order valence-corrected chi connectivity index (χ2v) is 8.73. The van der Waals surface area contributed by atoms with E-state index in [1.807, 2.05) is 25.7 Å². The van der Waals surface area contributed by atoms with Gasteiger partial charge < -0.3 is 4.43 Å². The highest BCUT2D eigenvalue weighted by Gasteiger charge is 2.18. The molecule has 0 amide bonds. The topological polar surface area (TPSA) is 33.0 Å². The zero-order valence-corrected chi connectivity index (χ0v) is 10.2. The lowest BCUT2D eigenvalue weighted by Crippen LogP contribution is -2.29. The molecule has 0 saturated carbocycles. The third-order valence-electron chi connectivity index (χ3n) is 1.71. The molecule has 0 bridgehead atoms. The van der Waals surface area contributed by atoms with Crippen LogP contribution in [0.5, 0.6) is 5.75 Å². The van der Waals surface area contributed by atoms with Crippen LogP contribution in [0.25, 0.3) is 0 Å². The first-order valence-corrected chi connectivity index (χ1v) is 8.17. The van der Waals surface area contributed by atoms with E-state index in [2.05, 4.69) is 0 Å². The molecule has 0 heterocycles. The van der Waals surface area contributed by atoms with E-state index in [9.17, 15) is 4.39 Å². The van der Waals surface area contributed by atoms with Gasteiger partial charge in [0.1, 0.15) is 11.6 Å². The Hall–Kier alpha value is -1.34. The highest BCUT2D eigenvalue weighted by Crippen LogP contribution is 2.23. The summed E-state index contributed by atoms with van der Waals surface area (Å²) in [7, 11) is -1.76. The molecule has 0 radical (unpaired) electrons. The minimum atomic E-state index is -1.76. The smallest absolute Gasteiger partial charge is 0.242 e. The molecule has 1 rings (SSSR count). The van der Waals surface area contributed by atoms with Gasteiger partial charge in [-0.05, 0) is 25.7 Å². The van der Waals surface area contributed by atoms with Gasteiger partial charge in [0, 0.05) is 11.6 Å². The lowest BCUT2D eigenvalue weighted by atomic mass is 10.1. The average molecular weight is 223 g/mol. The number of nitrogens with zero attached hydrogens (tertiary/aromatic N) is 1. The minimum Gasteiger partial charge on any atom is -0.544 e. The maximum atomic E-state index is 13.0. The van der Waals surface area contributed by atoms with Crippen LogP contribution in [0.3, 0.4) is 0 Å². The number of hydrogen-bond acceptors (Lipinski definition) is 2. The van der Waals surface area contributed by atoms with Crippen molar-refractivity contribution in [3.8, 4) is 11.8 Å². The average Bonchev–Trinajstić information content (AvgIpc) is 2.07. The van der Waals surface area contributed by atoms with E-state index < -0.39 is 8.32 Å². The molecule has 0 aliphatic carbocycles. The second kappa shape index (κ2) is 4.45. The normalized spacial score (nSPS) is 10.9. The van der Waals surface area contributed by atoms with Crippen molar-refractivity contribution < 1.29 is 8.82 Å². The van der Waals surface area contributed by atoms with Crippen LogP contribution < -0.4 is 4.43 Å². The fourth-order valence-electron chi connectivity index (χ4n) is 1.18. The molecule has 0 unspecified atom stereocenters. The van der Waals surface area contributed by atoms with Gasteiger partial charge in [-0.3, -0.25) is 0 Å².